The van der Waals surface area contributed by atoms with Gasteiger partial charge < -0.3 is 5.32 Å². The third-order valence-corrected chi connectivity index (χ3v) is 5.11. The molecule has 2 heteroatoms. The van der Waals surface area contributed by atoms with E-state index in [1.54, 1.807) is 0 Å². The van der Waals surface area contributed by atoms with Gasteiger partial charge in [0.05, 0.1) is 0 Å². The van der Waals surface area contributed by atoms with Crippen LogP contribution in [0.1, 0.15) is 75.8 Å². The van der Waals surface area contributed by atoms with Crippen molar-refractivity contribution in [2.24, 2.45) is 5.92 Å². The second kappa shape index (κ2) is 10.5. The van der Waals surface area contributed by atoms with Crippen molar-refractivity contribution in [1.29, 1.82) is 0 Å². The molecule has 0 aliphatic heterocycles. The zero-order chi connectivity index (χ0) is 16.3. The number of benzene rings is 1. The van der Waals surface area contributed by atoms with E-state index in [0.29, 0.717) is 12.3 Å². The zero-order valence-electron chi connectivity index (χ0n) is 14.8. The van der Waals surface area contributed by atoms with E-state index in [9.17, 15) is 4.79 Å². The Morgan fingerprint density at radius 3 is 2.26 bits per heavy atom. The molecule has 0 saturated heterocycles. The van der Waals surface area contributed by atoms with Gasteiger partial charge in [-0.1, -0.05) is 63.3 Å². The van der Waals surface area contributed by atoms with Crippen molar-refractivity contribution in [1.82, 2.24) is 5.32 Å². The molecule has 1 amide bonds. The Hall–Kier alpha value is -1.31. The van der Waals surface area contributed by atoms with Crippen LogP contribution in [0.4, 0.5) is 0 Å². The van der Waals surface area contributed by atoms with Crippen LogP contribution >= 0.6 is 0 Å². The first-order chi connectivity index (χ1) is 11.3. The molecule has 0 bridgehead atoms. The fraction of sp³-hybridized carbons (Fsp3) is 0.667. The van der Waals surface area contributed by atoms with Crippen LogP contribution in [-0.4, -0.2) is 12.5 Å². The van der Waals surface area contributed by atoms with Gasteiger partial charge in [0.1, 0.15) is 0 Å². The molecule has 1 aliphatic rings. The van der Waals surface area contributed by atoms with Crippen molar-refractivity contribution in [2.45, 2.75) is 77.6 Å². The molecule has 0 heterocycles. The Balaban J connectivity index is 1.58. The average molecular weight is 316 g/mol. The van der Waals surface area contributed by atoms with Gasteiger partial charge in [-0.15, -0.1) is 0 Å². The van der Waals surface area contributed by atoms with Gasteiger partial charge in [0, 0.05) is 13.0 Å². The van der Waals surface area contributed by atoms with Crippen molar-refractivity contribution < 1.29 is 4.79 Å². The Bertz CT molecular complexity index is 442. The maximum Gasteiger partial charge on any atom is 0.220 e. The number of hydrogen-bond donors (Lipinski definition) is 1. The van der Waals surface area contributed by atoms with Gasteiger partial charge in [0.2, 0.25) is 5.91 Å². The number of amides is 1. The third kappa shape index (κ3) is 6.76. The smallest absolute Gasteiger partial charge is 0.220 e. The topological polar surface area (TPSA) is 29.1 Å². The molecule has 0 spiro atoms. The predicted octanol–water partition coefficient (Wildman–Crippen LogP) is 5.05. The molecule has 1 aliphatic carbocycles. The highest BCUT2D eigenvalue weighted by atomic mass is 16.1. The number of rotatable bonds is 9. The third-order valence-electron chi connectivity index (χ3n) is 5.11. The van der Waals surface area contributed by atoms with E-state index in [1.165, 1.54) is 56.1 Å². The summed E-state index contributed by atoms with van der Waals surface area (Å²) < 4.78 is 0. The maximum absolute atomic E-state index is 12.0. The molecule has 0 fully saturated rings. The van der Waals surface area contributed by atoms with Crippen LogP contribution in [-0.2, 0) is 17.6 Å². The first kappa shape index (κ1) is 18.0. The SMILES string of the molecule is CCCCCCCCC(=O)NCC1CCc2ccccc2CC1. The molecule has 0 atom stereocenters. The number of fused-ring (bicyclic) bond motifs is 1. The minimum atomic E-state index is 0.252. The second-order valence-electron chi connectivity index (χ2n) is 7.03. The predicted molar refractivity (Wildman–Crippen MR) is 97.6 cm³/mol. The van der Waals surface area contributed by atoms with E-state index in [-0.39, 0.29) is 5.91 Å². The normalized spacial score (nSPS) is 15.0. The number of hydrogen-bond acceptors (Lipinski definition) is 1. The lowest BCUT2D eigenvalue weighted by Crippen LogP contribution is -2.29. The fourth-order valence-electron chi connectivity index (χ4n) is 3.53. The van der Waals surface area contributed by atoms with Crippen LogP contribution in [0.5, 0.6) is 0 Å². The average Bonchev–Trinajstić information content (AvgIpc) is 2.78. The van der Waals surface area contributed by atoms with Crippen molar-refractivity contribution in [3.05, 3.63) is 35.4 Å². The summed E-state index contributed by atoms with van der Waals surface area (Å²) in [6.07, 6.45) is 12.9. The molecule has 0 saturated carbocycles. The summed E-state index contributed by atoms with van der Waals surface area (Å²) in [7, 11) is 0. The maximum atomic E-state index is 12.0. The van der Waals surface area contributed by atoms with Crippen molar-refractivity contribution >= 4 is 5.91 Å². The summed E-state index contributed by atoms with van der Waals surface area (Å²) in [5.41, 5.74) is 3.02. The fourth-order valence-corrected chi connectivity index (χ4v) is 3.53. The van der Waals surface area contributed by atoms with Gasteiger partial charge in [-0.05, 0) is 49.1 Å². The van der Waals surface area contributed by atoms with E-state index in [2.05, 4.69) is 36.5 Å². The van der Waals surface area contributed by atoms with Gasteiger partial charge >= 0.3 is 0 Å². The summed E-state index contributed by atoms with van der Waals surface area (Å²) in [6, 6.07) is 8.80. The van der Waals surface area contributed by atoms with Gasteiger partial charge in [-0.2, -0.15) is 0 Å². The van der Waals surface area contributed by atoms with Crippen molar-refractivity contribution in [3.8, 4) is 0 Å². The molecule has 128 valence electrons. The second-order valence-corrected chi connectivity index (χ2v) is 7.03. The van der Waals surface area contributed by atoms with Gasteiger partial charge in [-0.25, -0.2) is 0 Å². The Kier molecular flexibility index (Phi) is 8.20. The van der Waals surface area contributed by atoms with E-state index in [4.69, 9.17) is 0 Å². The molecule has 1 aromatic carbocycles. The highest BCUT2D eigenvalue weighted by molar-refractivity contribution is 5.75. The number of carbonyl (C=O) groups is 1. The number of nitrogens with one attached hydrogen (secondary N) is 1. The molecule has 0 radical (unpaired) electrons. The van der Waals surface area contributed by atoms with E-state index >= 15 is 0 Å². The van der Waals surface area contributed by atoms with Gasteiger partial charge in [0.25, 0.3) is 0 Å². The molecular weight excluding hydrogens is 282 g/mol. The van der Waals surface area contributed by atoms with Crippen LogP contribution in [0.2, 0.25) is 0 Å². The summed E-state index contributed by atoms with van der Waals surface area (Å²) in [5, 5.41) is 3.17. The largest absolute Gasteiger partial charge is 0.356 e. The zero-order valence-corrected chi connectivity index (χ0v) is 14.8. The quantitative estimate of drug-likeness (QED) is 0.501. The lowest BCUT2D eigenvalue weighted by molar-refractivity contribution is -0.121. The molecule has 23 heavy (non-hydrogen) atoms. The first-order valence-electron chi connectivity index (χ1n) is 9.63. The van der Waals surface area contributed by atoms with Gasteiger partial charge in [0.15, 0.2) is 0 Å². The van der Waals surface area contributed by atoms with Crippen LogP contribution in [0, 0.1) is 5.92 Å². The highest BCUT2D eigenvalue weighted by Gasteiger charge is 2.16. The number of carbonyl (C=O) groups excluding carboxylic acids is 1. The molecule has 2 rings (SSSR count). The lowest BCUT2D eigenvalue weighted by Gasteiger charge is -2.14. The van der Waals surface area contributed by atoms with Gasteiger partial charge in [-0.3, -0.25) is 4.79 Å². The summed E-state index contributed by atoms with van der Waals surface area (Å²) in [4.78, 5) is 12.0. The van der Waals surface area contributed by atoms with E-state index in [0.717, 1.165) is 25.8 Å². The van der Waals surface area contributed by atoms with Crippen LogP contribution < -0.4 is 5.32 Å². The van der Waals surface area contributed by atoms with Crippen LogP contribution in [0.15, 0.2) is 24.3 Å². The summed E-state index contributed by atoms with van der Waals surface area (Å²) >= 11 is 0. The van der Waals surface area contributed by atoms with E-state index in [1.807, 2.05) is 0 Å². The highest BCUT2D eigenvalue weighted by Crippen LogP contribution is 2.24. The van der Waals surface area contributed by atoms with Crippen molar-refractivity contribution in [2.75, 3.05) is 6.54 Å². The molecule has 2 nitrogen and oxygen atoms in total. The van der Waals surface area contributed by atoms with E-state index < -0.39 is 0 Å². The van der Waals surface area contributed by atoms with Crippen LogP contribution in [0.25, 0.3) is 0 Å². The minimum absolute atomic E-state index is 0.252. The summed E-state index contributed by atoms with van der Waals surface area (Å²) in [6.45, 7) is 3.10. The van der Waals surface area contributed by atoms with Crippen molar-refractivity contribution in [3.63, 3.8) is 0 Å². The Morgan fingerprint density at radius 1 is 1.00 bits per heavy atom. The minimum Gasteiger partial charge on any atom is -0.356 e. The molecule has 0 aromatic heterocycles. The Labute approximate surface area is 142 Å². The van der Waals surface area contributed by atoms with Crippen LogP contribution in [0.3, 0.4) is 0 Å². The molecule has 0 unspecified atom stereocenters. The Morgan fingerprint density at radius 2 is 1.61 bits per heavy atom. The summed E-state index contributed by atoms with van der Waals surface area (Å²) in [5.74, 6) is 0.887. The number of unbranched alkanes of at least 4 members (excludes halogenated alkanes) is 5. The first-order valence-corrected chi connectivity index (χ1v) is 9.63. The molecular formula is C21H33NO. The number of aryl methyl sites for hydroxylation is 2. The standard InChI is InChI=1S/C21H33NO/c1-2-3-4-5-6-7-12-21(23)22-17-18-13-15-19-10-8-9-11-20(19)16-14-18/h8-11,18H,2-7,12-17H2,1H3,(H,22,23). The molecule has 1 aromatic rings. The molecule has 1 N–H and O–H groups in total. The lowest BCUT2D eigenvalue weighted by atomic mass is 9.99. The monoisotopic (exact) mass is 315 g/mol.